The summed E-state index contributed by atoms with van der Waals surface area (Å²) in [6.45, 7) is 2.57. The molecule has 1 aliphatic rings. The Kier molecular flexibility index (Phi) is 3.31. The van der Waals surface area contributed by atoms with Crippen molar-refractivity contribution >= 4 is 0 Å². The van der Waals surface area contributed by atoms with E-state index in [1.165, 1.54) is 0 Å². The summed E-state index contributed by atoms with van der Waals surface area (Å²) in [4.78, 5) is 4.45. The van der Waals surface area contributed by atoms with E-state index in [4.69, 9.17) is 15.0 Å². The van der Waals surface area contributed by atoms with E-state index in [2.05, 4.69) is 10.1 Å². The van der Waals surface area contributed by atoms with E-state index in [0.717, 1.165) is 24.0 Å². The number of aryl methyl sites for hydroxylation is 1. The van der Waals surface area contributed by atoms with Gasteiger partial charge < -0.3 is 15.0 Å². The van der Waals surface area contributed by atoms with E-state index in [9.17, 15) is 0 Å². The third kappa shape index (κ3) is 2.39. The average molecular weight is 259 g/mol. The van der Waals surface area contributed by atoms with Crippen molar-refractivity contribution in [2.75, 3.05) is 6.54 Å². The van der Waals surface area contributed by atoms with Crippen LogP contribution in [0.3, 0.4) is 0 Å². The Hall–Kier alpha value is -1.72. The highest BCUT2D eigenvalue weighted by Gasteiger charge is 2.30. The Balaban J connectivity index is 1.82. The second kappa shape index (κ2) is 5.11. The van der Waals surface area contributed by atoms with Crippen LogP contribution in [-0.2, 0) is 4.74 Å². The number of hydrogen-bond donors (Lipinski definition) is 1. The van der Waals surface area contributed by atoms with E-state index in [1.807, 2.05) is 31.2 Å². The third-order valence-electron chi connectivity index (χ3n) is 3.47. The van der Waals surface area contributed by atoms with Crippen LogP contribution in [0, 0.1) is 6.92 Å². The molecule has 0 amide bonds. The number of aromatic nitrogens is 2. The first-order valence-electron chi connectivity index (χ1n) is 6.53. The molecule has 1 fully saturated rings. The molecule has 1 aliphatic heterocycles. The van der Waals surface area contributed by atoms with Gasteiger partial charge in [0.25, 0.3) is 5.89 Å². The van der Waals surface area contributed by atoms with Crippen molar-refractivity contribution in [1.29, 1.82) is 0 Å². The van der Waals surface area contributed by atoms with Crippen LogP contribution in [-0.4, -0.2) is 22.8 Å². The molecular weight excluding hydrogens is 242 g/mol. The van der Waals surface area contributed by atoms with Gasteiger partial charge in [-0.15, -0.1) is 0 Å². The van der Waals surface area contributed by atoms with Crippen molar-refractivity contribution in [2.24, 2.45) is 5.73 Å². The second-order valence-electron chi connectivity index (χ2n) is 4.83. The number of hydrogen-bond acceptors (Lipinski definition) is 5. The third-order valence-corrected chi connectivity index (χ3v) is 3.47. The molecule has 2 heterocycles. The number of nitrogens with zero attached hydrogens (tertiary/aromatic N) is 2. The predicted octanol–water partition coefficient (Wildman–Crippen LogP) is 2.22. The minimum atomic E-state index is -0.112. The highest BCUT2D eigenvalue weighted by atomic mass is 16.5. The van der Waals surface area contributed by atoms with Gasteiger partial charge in [-0.3, -0.25) is 0 Å². The van der Waals surface area contributed by atoms with E-state index in [1.54, 1.807) is 0 Å². The largest absolute Gasteiger partial charge is 0.364 e. The van der Waals surface area contributed by atoms with Gasteiger partial charge in [-0.2, -0.15) is 4.98 Å². The molecule has 1 aromatic heterocycles. The first-order valence-corrected chi connectivity index (χ1v) is 6.53. The minimum absolute atomic E-state index is 0.110. The summed E-state index contributed by atoms with van der Waals surface area (Å²) in [5, 5.41) is 4.05. The zero-order chi connectivity index (χ0) is 13.2. The van der Waals surface area contributed by atoms with Crippen molar-refractivity contribution in [3.63, 3.8) is 0 Å². The van der Waals surface area contributed by atoms with Gasteiger partial charge in [0, 0.05) is 12.1 Å². The van der Waals surface area contributed by atoms with E-state index >= 15 is 0 Å². The van der Waals surface area contributed by atoms with Gasteiger partial charge in [-0.05, 0) is 25.3 Å². The predicted molar refractivity (Wildman–Crippen MR) is 70.4 cm³/mol. The SMILES string of the molecule is Cc1ccccc1-c1noc(C2CCC(CN)O2)n1. The maximum atomic E-state index is 5.75. The lowest BCUT2D eigenvalue weighted by Gasteiger charge is -2.07. The zero-order valence-electron chi connectivity index (χ0n) is 10.9. The second-order valence-corrected chi connectivity index (χ2v) is 4.83. The first kappa shape index (κ1) is 12.3. The van der Waals surface area contributed by atoms with E-state index in [0.29, 0.717) is 18.3 Å². The molecule has 0 aliphatic carbocycles. The molecule has 100 valence electrons. The van der Waals surface area contributed by atoms with Crippen molar-refractivity contribution in [1.82, 2.24) is 10.1 Å². The Labute approximate surface area is 111 Å². The Morgan fingerprint density at radius 2 is 2.16 bits per heavy atom. The fourth-order valence-corrected chi connectivity index (χ4v) is 2.36. The molecule has 0 saturated carbocycles. The summed E-state index contributed by atoms with van der Waals surface area (Å²) in [6, 6.07) is 7.98. The lowest BCUT2D eigenvalue weighted by atomic mass is 10.1. The van der Waals surface area contributed by atoms with Gasteiger partial charge in [-0.1, -0.05) is 29.4 Å². The summed E-state index contributed by atoms with van der Waals surface area (Å²) in [7, 11) is 0. The molecule has 3 rings (SSSR count). The lowest BCUT2D eigenvalue weighted by Crippen LogP contribution is -2.18. The highest BCUT2D eigenvalue weighted by molar-refractivity contribution is 5.58. The van der Waals surface area contributed by atoms with Gasteiger partial charge >= 0.3 is 0 Å². The van der Waals surface area contributed by atoms with Gasteiger partial charge in [0.2, 0.25) is 5.82 Å². The van der Waals surface area contributed by atoms with Gasteiger partial charge in [0.1, 0.15) is 6.10 Å². The summed E-state index contributed by atoms with van der Waals surface area (Å²) in [6.07, 6.45) is 1.83. The van der Waals surface area contributed by atoms with Crippen molar-refractivity contribution < 1.29 is 9.26 Å². The fourth-order valence-electron chi connectivity index (χ4n) is 2.36. The average Bonchev–Trinajstić information content (AvgIpc) is 3.08. The quantitative estimate of drug-likeness (QED) is 0.914. The van der Waals surface area contributed by atoms with Crippen LogP contribution in [0.1, 0.15) is 30.4 Å². The van der Waals surface area contributed by atoms with E-state index in [-0.39, 0.29) is 12.2 Å². The van der Waals surface area contributed by atoms with Crippen molar-refractivity contribution in [3.05, 3.63) is 35.7 Å². The molecule has 2 N–H and O–H groups in total. The van der Waals surface area contributed by atoms with Crippen molar-refractivity contribution in [3.8, 4) is 11.4 Å². The van der Waals surface area contributed by atoms with Gasteiger partial charge in [0.05, 0.1) is 6.10 Å². The normalized spacial score (nSPS) is 22.8. The number of nitrogens with two attached hydrogens (primary N) is 1. The molecule has 5 nitrogen and oxygen atoms in total. The Morgan fingerprint density at radius 1 is 1.32 bits per heavy atom. The Bertz CT molecular complexity index is 567. The maximum Gasteiger partial charge on any atom is 0.256 e. The molecule has 1 aromatic carbocycles. The summed E-state index contributed by atoms with van der Waals surface area (Å²) >= 11 is 0. The number of ether oxygens (including phenoxy) is 1. The van der Waals surface area contributed by atoms with Gasteiger partial charge in [-0.25, -0.2) is 0 Å². The standard InChI is InChI=1S/C14H17N3O2/c1-9-4-2-3-5-11(9)13-16-14(19-17-13)12-7-6-10(8-15)18-12/h2-5,10,12H,6-8,15H2,1H3. The molecule has 2 unspecified atom stereocenters. The number of rotatable bonds is 3. The summed E-state index contributed by atoms with van der Waals surface area (Å²) in [5.74, 6) is 1.17. The monoisotopic (exact) mass is 259 g/mol. The minimum Gasteiger partial charge on any atom is -0.364 e. The topological polar surface area (TPSA) is 74.2 Å². The smallest absolute Gasteiger partial charge is 0.256 e. The molecule has 5 heteroatoms. The van der Waals surface area contributed by atoms with Crippen LogP contribution in [0.4, 0.5) is 0 Å². The molecule has 0 radical (unpaired) electrons. The molecule has 2 atom stereocenters. The summed E-state index contributed by atoms with van der Waals surface area (Å²) < 4.78 is 11.1. The number of benzene rings is 1. The first-order chi connectivity index (χ1) is 9.28. The molecule has 0 spiro atoms. The van der Waals surface area contributed by atoms with Gasteiger partial charge in [0.15, 0.2) is 0 Å². The van der Waals surface area contributed by atoms with Crippen LogP contribution in [0.2, 0.25) is 0 Å². The Morgan fingerprint density at radius 3 is 2.89 bits per heavy atom. The van der Waals surface area contributed by atoms with Crippen LogP contribution in [0.25, 0.3) is 11.4 Å². The molecule has 0 bridgehead atoms. The van der Waals surface area contributed by atoms with Crippen LogP contribution >= 0.6 is 0 Å². The zero-order valence-corrected chi connectivity index (χ0v) is 10.9. The molecule has 19 heavy (non-hydrogen) atoms. The molecular formula is C14H17N3O2. The molecule has 1 saturated heterocycles. The van der Waals surface area contributed by atoms with Crippen LogP contribution in [0.5, 0.6) is 0 Å². The maximum absolute atomic E-state index is 5.75. The van der Waals surface area contributed by atoms with Crippen LogP contribution < -0.4 is 5.73 Å². The fraction of sp³-hybridized carbons (Fsp3) is 0.429. The lowest BCUT2D eigenvalue weighted by molar-refractivity contribution is 0.0307. The van der Waals surface area contributed by atoms with Crippen LogP contribution in [0.15, 0.2) is 28.8 Å². The highest BCUT2D eigenvalue weighted by Crippen LogP contribution is 2.32. The summed E-state index contributed by atoms with van der Waals surface area (Å²) in [5.41, 5.74) is 7.72. The molecule has 2 aromatic rings. The van der Waals surface area contributed by atoms with E-state index < -0.39 is 0 Å². The van der Waals surface area contributed by atoms with Crippen molar-refractivity contribution in [2.45, 2.75) is 32.0 Å².